The predicted molar refractivity (Wildman–Crippen MR) is 67.6 cm³/mol. The highest BCUT2D eigenvalue weighted by Gasteiger charge is 2.01. The number of para-hydroxylation sites is 1. The Morgan fingerprint density at radius 3 is 2.62 bits per heavy atom. The van der Waals surface area contributed by atoms with E-state index in [1.807, 2.05) is 32.2 Å². The Kier molecular flexibility index (Phi) is 5.40. The number of benzene rings is 1. The zero-order valence-electron chi connectivity index (χ0n) is 10.1. The molecule has 0 radical (unpaired) electrons. The molecule has 1 aromatic carbocycles. The van der Waals surface area contributed by atoms with E-state index in [1.165, 1.54) is 5.69 Å². The molecular formula is C13H20N2O. The minimum Gasteiger partial charge on any atom is -0.373 e. The summed E-state index contributed by atoms with van der Waals surface area (Å²) in [6, 6.07) is 10.2. The van der Waals surface area contributed by atoms with Crippen molar-refractivity contribution in [2.24, 2.45) is 0 Å². The zero-order valence-corrected chi connectivity index (χ0v) is 10.1. The molecular weight excluding hydrogens is 200 g/mol. The Morgan fingerprint density at radius 1 is 1.31 bits per heavy atom. The van der Waals surface area contributed by atoms with Crippen molar-refractivity contribution in [3.63, 3.8) is 0 Å². The Morgan fingerprint density at radius 2 is 2.00 bits per heavy atom. The van der Waals surface area contributed by atoms with E-state index in [-0.39, 0.29) is 5.91 Å². The number of amides is 1. The average molecular weight is 220 g/mol. The standard InChI is InChI=1S/C13H20N2O/c1-3-7-13(16)14-10-11-15(2)12-8-5-4-6-9-12/h4-6,8-9H,3,7,10-11H2,1-2H3,(H,14,16). The fourth-order valence-electron chi connectivity index (χ4n) is 1.49. The minimum absolute atomic E-state index is 0.143. The molecule has 0 spiro atoms. The first-order valence-corrected chi connectivity index (χ1v) is 5.77. The molecule has 0 atom stereocenters. The second-order valence-electron chi connectivity index (χ2n) is 3.86. The van der Waals surface area contributed by atoms with Gasteiger partial charge in [0, 0.05) is 32.2 Å². The van der Waals surface area contributed by atoms with Crippen molar-refractivity contribution >= 4 is 11.6 Å². The normalized spacial score (nSPS) is 9.88. The molecule has 1 aromatic rings. The molecule has 88 valence electrons. The smallest absolute Gasteiger partial charge is 0.220 e. The lowest BCUT2D eigenvalue weighted by Crippen LogP contribution is -2.32. The number of nitrogens with one attached hydrogen (secondary N) is 1. The molecule has 0 bridgehead atoms. The molecule has 16 heavy (non-hydrogen) atoms. The van der Waals surface area contributed by atoms with E-state index < -0.39 is 0 Å². The number of likely N-dealkylation sites (N-methyl/N-ethyl adjacent to an activating group) is 1. The average Bonchev–Trinajstić information content (AvgIpc) is 2.30. The minimum atomic E-state index is 0.143. The van der Waals surface area contributed by atoms with Gasteiger partial charge in [0.2, 0.25) is 5.91 Å². The van der Waals surface area contributed by atoms with Gasteiger partial charge in [-0.15, -0.1) is 0 Å². The summed E-state index contributed by atoms with van der Waals surface area (Å²) in [5, 5.41) is 2.90. The van der Waals surface area contributed by atoms with E-state index >= 15 is 0 Å². The molecule has 0 unspecified atom stereocenters. The third kappa shape index (κ3) is 4.34. The van der Waals surface area contributed by atoms with Gasteiger partial charge in [-0.3, -0.25) is 4.79 Å². The van der Waals surface area contributed by atoms with Crippen LogP contribution in [0.25, 0.3) is 0 Å². The third-order valence-corrected chi connectivity index (χ3v) is 2.44. The van der Waals surface area contributed by atoms with Crippen LogP contribution in [-0.2, 0) is 4.79 Å². The fourth-order valence-corrected chi connectivity index (χ4v) is 1.49. The van der Waals surface area contributed by atoms with E-state index in [0.717, 1.165) is 13.0 Å². The van der Waals surface area contributed by atoms with Crippen LogP contribution in [0.15, 0.2) is 30.3 Å². The number of anilines is 1. The summed E-state index contributed by atoms with van der Waals surface area (Å²) >= 11 is 0. The number of hydrogen-bond donors (Lipinski definition) is 1. The van der Waals surface area contributed by atoms with Gasteiger partial charge in [-0.25, -0.2) is 0 Å². The van der Waals surface area contributed by atoms with Crippen LogP contribution in [0.4, 0.5) is 5.69 Å². The number of carbonyl (C=O) groups is 1. The molecule has 1 rings (SSSR count). The molecule has 0 fully saturated rings. The van der Waals surface area contributed by atoms with Crippen molar-refractivity contribution in [1.82, 2.24) is 5.32 Å². The number of rotatable bonds is 6. The zero-order chi connectivity index (χ0) is 11.8. The second-order valence-corrected chi connectivity index (χ2v) is 3.86. The van der Waals surface area contributed by atoms with Crippen molar-refractivity contribution in [2.75, 3.05) is 25.0 Å². The van der Waals surface area contributed by atoms with Crippen LogP contribution in [0, 0.1) is 0 Å². The largest absolute Gasteiger partial charge is 0.373 e. The molecule has 0 aromatic heterocycles. The van der Waals surface area contributed by atoms with E-state index in [1.54, 1.807) is 0 Å². The molecule has 0 saturated heterocycles. The van der Waals surface area contributed by atoms with Crippen molar-refractivity contribution < 1.29 is 4.79 Å². The molecule has 0 aliphatic heterocycles. The van der Waals surface area contributed by atoms with Crippen LogP contribution in [0.3, 0.4) is 0 Å². The number of hydrogen-bond acceptors (Lipinski definition) is 2. The predicted octanol–water partition coefficient (Wildman–Crippen LogP) is 2.04. The van der Waals surface area contributed by atoms with E-state index in [0.29, 0.717) is 13.0 Å². The maximum absolute atomic E-state index is 11.2. The summed E-state index contributed by atoms with van der Waals surface area (Å²) in [5.74, 6) is 0.143. The summed E-state index contributed by atoms with van der Waals surface area (Å²) in [6.45, 7) is 3.54. The topological polar surface area (TPSA) is 32.3 Å². The Bertz CT molecular complexity index is 311. The fraction of sp³-hybridized carbons (Fsp3) is 0.462. The first-order valence-electron chi connectivity index (χ1n) is 5.77. The molecule has 0 saturated carbocycles. The van der Waals surface area contributed by atoms with Crippen molar-refractivity contribution in [1.29, 1.82) is 0 Å². The van der Waals surface area contributed by atoms with Crippen molar-refractivity contribution in [2.45, 2.75) is 19.8 Å². The second kappa shape index (κ2) is 6.88. The summed E-state index contributed by atoms with van der Waals surface area (Å²) < 4.78 is 0. The lowest BCUT2D eigenvalue weighted by Gasteiger charge is -2.19. The highest BCUT2D eigenvalue weighted by atomic mass is 16.1. The highest BCUT2D eigenvalue weighted by molar-refractivity contribution is 5.75. The molecule has 0 aliphatic rings. The van der Waals surface area contributed by atoms with Crippen LogP contribution >= 0.6 is 0 Å². The Hall–Kier alpha value is -1.51. The van der Waals surface area contributed by atoms with Crippen molar-refractivity contribution in [3.05, 3.63) is 30.3 Å². The van der Waals surface area contributed by atoms with Crippen LogP contribution in [0.1, 0.15) is 19.8 Å². The van der Waals surface area contributed by atoms with Gasteiger partial charge in [0.15, 0.2) is 0 Å². The third-order valence-electron chi connectivity index (χ3n) is 2.44. The SMILES string of the molecule is CCCC(=O)NCCN(C)c1ccccc1. The monoisotopic (exact) mass is 220 g/mol. The Labute approximate surface area is 97.5 Å². The van der Waals surface area contributed by atoms with Gasteiger partial charge in [0.1, 0.15) is 0 Å². The van der Waals surface area contributed by atoms with Gasteiger partial charge in [0.25, 0.3) is 0 Å². The van der Waals surface area contributed by atoms with Gasteiger partial charge in [-0.2, -0.15) is 0 Å². The van der Waals surface area contributed by atoms with Gasteiger partial charge >= 0.3 is 0 Å². The van der Waals surface area contributed by atoms with Gasteiger partial charge in [-0.05, 0) is 18.6 Å². The van der Waals surface area contributed by atoms with E-state index in [9.17, 15) is 4.79 Å². The molecule has 0 heterocycles. The van der Waals surface area contributed by atoms with Crippen LogP contribution < -0.4 is 10.2 Å². The lowest BCUT2D eigenvalue weighted by atomic mass is 10.3. The van der Waals surface area contributed by atoms with Crippen LogP contribution in [0.5, 0.6) is 0 Å². The van der Waals surface area contributed by atoms with Crippen LogP contribution in [-0.4, -0.2) is 26.0 Å². The summed E-state index contributed by atoms with van der Waals surface area (Å²) in [5.41, 5.74) is 1.17. The number of carbonyl (C=O) groups excluding carboxylic acids is 1. The highest BCUT2D eigenvalue weighted by Crippen LogP contribution is 2.09. The van der Waals surface area contributed by atoms with Gasteiger partial charge < -0.3 is 10.2 Å². The Balaban J connectivity index is 2.26. The first-order chi connectivity index (χ1) is 7.74. The maximum Gasteiger partial charge on any atom is 0.220 e. The van der Waals surface area contributed by atoms with Crippen LogP contribution in [0.2, 0.25) is 0 Å². The maximum atomic E-state index is 11.2. The van der Waals surface area contributed by atoms with Crippen molar-refractivity contribution in [3.8, 4) is 0 Å². The molecule has 0 aliphatic carbocycles. The quantitative estimate of drug-likeness (QED) is 0.795. The number of nitrogens with zero attached hydrogens (tertiary/aromatic N) is 1. The lowest BCUT2D eigenvalue weighted by molar-refractivity contribution is -0.121. The van der Waals surface area contributed by atoms with E-state index in [4.69, 9.17) is 0 Å². The van der Waals surface area contributed by atoms with E-state index in [2.05, 4.69) is 22.3 Å². The summed E-state index contributed by atoms with van der Waals surface area (Å²) in [4.78, 5) is 13.4. The molecule has 1 N–H and O–H groups in total. The summed E-state index contributed by atoms with van der Waals surface area (Å²) in [6.07, 6.45) is 1.52. The first kappa shape index (κ1) is 12.6. The molecule has 3 heteroatoms. The van der Waals surface area contributed by atoms with Gasteiger partial charge in [0.05, 0.1) is 0 Å². The molecule has 1 amide bonds. The molecule has 3 nitrogen and oxygen atoms in total. The van der Waals surface area contributed by atoms with Gasteiger partial charge in [-0.1, -0.05) is 25.1 Å². The summed E-state index contributed by atoms with van der Waals surface area (Å²) in [7, 11) is 2.03.